The first-order valence-electron chi connectivity index (χ1n) is 9.67. The lowest BCUT2D eigenvalue weighted by Crippen LogP contribution is -2.28. The lowest BCUT2D eigenvalue weighted by atomic mass is 10.1. The molecule has 0 aliphatic heterocycles. The van der Waals surface area contributed by atoms with Gasteiger partial charge in [0.15, 0.2) is 0 Å². The van der Waals surface area contributed by atoms with Gasteiger partial charge in [0.1, 0.15) is 0 Å². The molecule has 0 aliphatic carbocycles. The number of hydrogen-bond acceptors (Lipinski definition) is 3. The number of benzene rings is 2. The molecule has 0 saturated heterocycles. The number of amides is 1. The second-order valence-corrected chi connectivity index (χ2v) is 7.20. The van der Waals surface area contributed by atoms with Crippen LogP contribution < -0.4 is 11.0 Å². The number of nitrogens with zero attached hydrogens (tertiary/aromatic N) is 3. The van der Waals surface area contributed by atoms with Crippen LogP contribution in [0.5, 0.6) is 0 Å². The molecule has 6 heteroatoms. The predicted octanol–water partition coefficient (Wildman–Crippen LogP) is 2.59. The van der Waals surface area contributed by atoms with Crippen molar-refractivity contribution in [2.45, 2.75) is 39.5 Å². The zero-order valence-corrected chi connectivity index (χ0v) is 16.8. The van der Waals surface area contributed by atoms with Gasteiger partial charge >= 0.3 is 5.69 Å². The SMILES string of the molecule is CCn1c(=O)n(CCC(=O)NCc2ccccc2CN(C)C)c2ccccc21. The zero-order chi connectivity index (χ0) is 20.1. The van der Waals surface area contributed by atoms with Crippen LogP contribution in [0.4, 0.5) is 0 Å². The van der Waals surface area contributed by atoms with Gasteiger partial charge in [0.2, 0.25) is 5.91 Å². The predicted molar refractivity (Wildman–Crippen MR) is 112 cm³/mol. The van der Waals surface area contributed by atoms with E-state index in [0.29, 0.717) is 19.6 Å². The minimum atomic E-state index is -0.0622. The Labute approximate surface area is 165 Å². The quantitative estimate of drug-likeness (QED) is 0.653. The average molecular weight is 380 g/mol. The summed E-state index contributed by atoms with van der Waals surface area (Å²) in [6, 6.07) is 15.8. The minimum absolute atomic E-state index is 0.0557. The molecule has 2 aromatic carbocycles. The van der Waals surface area contributed by atoms with Crippen LogP contribution >= 0.6 is 0 Å². The number of carbonyl (C=O) groups excluding carboxylic acids is 1. The van der Waals surface area contributed by atoms with Gasteiger partial charge in [-0.05, 0) is 44.3 Å². The first kappa shape index (κ1) is 19.9. The average Bonchev–Trinajstić information content (AvgIpc) is 2.96. The van der Waals surface area contributed by atoms with Crippen LogP contribution in [-0.4, -0.2) is 34.0 Å². The number of rotatable bonds is 8. The molecule has 148 valence electrons. The third kappa shape index (κ3) is 4.34. The molecule has 28 heavy (non-hydrogen) atoms. The number of fused-ring (bicyclic) bond motifs is 1. The molecule has 0 atom stereocenters. The van der Waals surface area contributed by atoms with Crippen molar-refractivity contribution in [2.75, 3.05) is 14.1 Å². The van der Waals surface area contributed by atoms with Crippen LogP contribution in [-0.2, 0) is 31.0 Å². The van der Waals surface area contributed by atoms with Crippen molar-refractivity contribution in [3.63, 3.8) is 0 Å². The van der Waals surface area contributed by atoms with Crippen molar-refractivity contribution in [3.05, 3.63) is 70.1 Å². The molecule has 3 rings (SSSR count). The Morgan fingerprint density at radius 2 is 1.57 bits per heavy atom. The highest BCUT2D eigenvalue weighted by molar-refractivity contribution is 5.78. The molecule has 1 amide bonds. The van der Waals surface area contributed by atoms with E-state index >= 15 is 0 Å². The van der Waals surface area contributed by atoms with Crippen molar-refractivity contribution in [3.8, 4) is 0 Å². The second-order valence-electron chi connectivity index (χ2n) is 7.20. The van der Waals surface area contributed by atoms with Gasteiger partial charge in [0, 0.05) is 32.6 Å². The van der Waals surface area contributed by atoms with Crippen LogP contribution in [0.15, 0.2) is 53.3 Å². The summed E-state index contributed by atoms with van der Waals surface area (Å²) in [5, 5.41) is 2.99. The van der Waals surface area contributed by atoms with Gasteiger partial charge in [-0.15, -0.1) is 0 Å². The molecule has 0 aliphatic rings. The monoisotopic (exact) mass is 380 g/mol. The van der Waals surface area contributed by atoms with Crippen molar-refractivity contribution >= 4 is 16.9 Å². The zero-order valence-electron chi connectivity index (χ0n) is 16.8. The Morgan fingerprint density at radius 3 is 2.21 bits per heavy atom. The molecule has 6 nitrogen and oxygen atoms in total. The molecule has 1 N–H and O–H groups in total. The van der Waals surface area contributed by atoms with E-state index in [4.69, 9.17) is 0 Å². The van der Waals surface area contributed by atoms with E-state index in [2.05, 4.69) is 16.3 Å². The molecule has 1 aromatic heterocycles. The van der Waals surface area contributed by atoms with E-state index in [9.17, 15) is 9.59 Å². The number of nitrogens with one attached hydrogen (secondary N) is 1. The smallest absolute Gasteiger partial charge is 0.329 e. The molecule has 0 radical (unpaired) electrons. The van der Waals surface area contributed by atoms with Crippen molar-refractivity contribution in [2.24, 2.45) is 0 Å². The maximum Gasteiger partial charge on any atom is 0.329 e. The van der Waals surface area contributed by atoms with Crippen LogP contribution in [0.2, 0.25) is 0 Å². The molecule has 0 saturated carbocycles. The second kappa shape index (κ2) is 8.89. The summed E-state index contributed by atoms with van der Waals surface area (Å²) in [6.45, 7) is 4.27. The summed E-state index contributed by atoms with van der Waals surface area (Å²) >= 11 is 0. The van der Waals surface area contributed by atoms with E-state index in [0.717, 1.165) is 23.1 Å². The molecule has 1 heterocycles. The minimum Gasteiger partial charge on any atom is -0.352 e. The van der Waals surface area contributed by atoms with Gasteiger partial charge in [-0.25, -0.2) is 4.79 Å². The van der Waals surface area contributed by atoms with Crippen molar-refractivity contribution in [1.82, 2.24) is 19.4 Å². The summed E-state index contributed by atoms with van der Waals surface area (Å²) in [5.74, 6) is -0.0557. The third-order valence-corrected chi connectivity index (χ3v) is 4.88. The van der Waals surface area contributed by atoms with Gasteiger partial charge in [0.05, 0.1) is 11.0 Å². The molecular formula is C22H28N4O2. The Hall–Kier alpha value is -2.86. The number of carbonyl (C=O) groups is 1. The Balaban J connectivity index is 1.66. The van der Waals surface area contributed by atoms with Gasteiger partial charge in [-0.2, -0.15) is 0 Å². The van der Waals surface area contributed by atoms with Crippen molar-refractivity contribution in [1.29, 1.82) is 0 Å². The summed E-state index contributed by atoms with van der Waals surface area (Å²) < 4.78 is 3.43. The van der Waals surface area contributed by atoms with Gasteiger partial charge in [-0.1, -0.05) is 36.4 Å². The van der Waals surface area contributed by atoms with E-state index in [-0.39, 0.29) is 18.0 Å². The summed E-state index contributed by atoms with van der Waals surface area (Å²) in [5.41, 5.74) is 4.04. The standard InChI is InChI=1S/C22H28N4O2/c1-4-25-19-11-7-8-12-20(19)26(22(25)28)14-13-21(27)23-15-17-9-5-6-10-18(17)16-24(2)3/h5-12H,4,13-16H2,1-3H3,(H,23,27). The Bertz CT molecular complexity index is 1020. The summed E-state index contributed by atoms with van der Waals surface area (Å²) in [4.78, 5) is 27.2. The summed E-state index contributed by atoms with van der Waals surface area (Å²) in [7, 11) is 4.06. The molecule has 3 aromatic rings. The van der Waals surface area contributed by atoms with E-state index in [1.165, 1.54) is 5.56 Å². The van der Waals surface area contributed by atoms with Crippen LogP contribution in [0.1, 0.15) is 24.5 Å². The fraction of sp³-hybridized carbons (Fsp3) is 0.364. The number of imidazole rings is 1. The lowest BCUT2D eigenvalue weighted by molar-refractivity contribution is -0.121. The normalized spacial score (nSPS) is 11.3. The first-order chi connectivity index (χ1) is 13.5. The fourth-order valence-corrected chi connectivity index (χ4v) is 3.51. The maximum absolute atomic E-state index is 12.6. The number of hydrogen-bond donors (Lipinski definition) is 1. The van der Waals surface area contributed by atoms with Gasteiger partial charge in [0.25, 0.3) is 0 Å². The lowest BCUT2D eigenvalue weighted by Gasteiger charge is -2.14. The molecule has 0 unspecified atom stereocenters. The Kier molecular flexibility index (Phi) is 6.31. The highest BCUT2D eigenvalue weighted by Crippen LogP contribution is 2.13. The molecule has 0 fully saturated rings. The number of para-hydroxylation sites is 2. The topological polar surface area (TPSA) is 59.3 Å². The van der Waals surface area contributed by atoms with E-state index < -0.39 is 0 Å². The molecular weight excluding hydrogens is 352 g/mol. The third-order valence-electron chi connectivity index (χ3n) is 4.88. The molecule has 0 spiro atoms. The van der Waals surface area contributed by atoms with Crippen LogP contribution in [0, 0.1) is 0 Å². The van der Waals surface area contributed by atoms with Gasteiger partial charge in [-0.3, -0.25) is 13.9 Å². The largest absolute Gasteiger partial charge is 0.352 e. The maximum atomic E-state index is 12.6. The number of aryl methyl sites for hydroxylation is 2. The molecule has 0 bridgehead atoms. The highest BCUT2D eigenvalue weighted by Gasteiger charge is 2.13. The van der Waals surface area contributed by atoms with Crippen LogP contribution in [0.3, 0.4) is 0 Å². The highest BCUT2D eigenvalue weighted by atomic mass is 16.2. The number of aromatic nitrogens is 2. The van der Waals surface area contributed by atoms with E-state index in [1.807, 2.05) is 63.5 Å². The van der Waals surface area contributed by atoms with Gasteiger partial charge < -0.3 is 10.2 Å². The van der Waals surface area contributed by atoms with E-state index in [1.54, 1.807) is 9.13 Å². The first-order valence-corrected chi connectivity index (χ1v) is 9.67. The summed E-state index contributed by atoms with van der Waals surface area (Å²) in [6.07, 6.45) is 0.271. The van der Waals surface area contributed by atoms with Crippen LogP contribution in [0.25, 0.3) is 11.0 Å². The van der Waals surface area contributed by atoms with Crippen molar-refractivity contribution < 1.29 is 4.79 Å². The fourth-order valence-electron chi connectivity index (χ4n) is 3.51. The Morgan fingerprint density at radius 1 is 0.964 bits per heavy atom.